The molecule has 7 heteroatoms. The summed E-state index contributed by atoms with van der Waals surface area (Å²) in [6, 6.07) is 10.8. The molecule has 4 rings (SSSR count). The predicted octanol–water partition coefficient (Wildman–Crippen LogP) is 4.65. The zero-order chi connectivity index (χ0) is 22.5. The van der Waals surface area contributed by atoms with Crippen LogP contribution in [0.4, 0.5) is 5.82 Å². The number of likely N-dealkylation sites (N-methyl/N-ethyl adjacent to an activating group) is 1. The van der Waals surface area contributed by atoms with Crippen LogP contribution in [-0.4, -0.2) is 52.9 Å². The van der Waals surface area contributed by atoms with E-state index in [-0.39, 0.29) is 11.9 Å². The summed E-state index contributed by atoms with van der Waals surface area (Å²) >= 11 is 1.68. The van der Waals surface area contributed by atoms with E-state index in [1.807, 2.05) is 36.0 Å². The second-order valence-electron chi connectivity index (χ2n) is 8.48. The molecule has 3 heterocycles. The number of amides is 1. The number of thiophene rings is 1. The maximum Gasteiger partial charge on any atom is 0.246 e. The van der Waals surface area contributed by atoms with Crippen LogP contribution in [0.3, 0.4) is 0 Å². The molecule has 168 valence electrons. The Morgan fingerprint density at radius 2 is 2.09 bits per heavy atom. The van der Waals surface area contributed by atoms with Crippen molar-refractivity contribution in [1.82, 2.24) is 19.8 Å². The third-order valence-electron chi connectivity index (χ3n) is 5.77. The van der Waals surface area contributed by atoms with Crippen molar-refractivity contribution in [2.24, 2.45) is 0 Å². The van der Waals surface area contributed by atoms with Crippen LogP contribution in [-0.2, 0) is 17.8 Å². The molecular formula is C25H31N5OS. The first-order valence-electron chi connectivity index (χ1n) is 11.2. The smallest absolute Gasteiger partial charge is 0.246 e. The first kappa shape index (κ1) is 22.4. The second-order valence-corrected chi connectivity index (χ2v) is 9.56. The van der Waals surface area contributed by atoms with Crippen LogP contribution in [0.2, 0.25) is 0 Å². The van der Waals surface area contributed by atoms with Crippen LogP contribution in [0.5, 0.6) is 0 Å². The van der Waals surface area contributed by atoms with E-state index in [9.17, 15) is 4.79 Å². The molecule has 32 heavy (non-hydrogen) atoms. The van der Waals surface area contributed by atoms with E-state index in [0.29, 0.717) is 6.54 Å². The molecule has 0 radical (unpaired) electrons. The molecule has 1 aliphatic rings. The number of nitrogens with one attached hydrogen (secondary N) is 1. The molecule has 1 aromatic carbocycles. The number of benzene rings is 1. The van der Waals surface area contributed by atoms with E-state index in [1.54, 1.807) is 23.7 Å². The number of hydrogen-bond donors (Lipinski definition) is 1. The summed E-state index contributed by atoms with van der Waals surface area (Å²) < 4.78 is 0. The maximum absolute atomic E-state index is 12.6. The normalized spacial score (nSPS) is 14.8. The van der Waals surface area contributed by atoms with Crippen LogP contribution < -0.4 is 5.32 Å². The van der Waals surface area contributed by atoms with Gasteiger partial charge >= 0.3 is 0 Å². The van der Waals surface area contributed by atoms with Gasteiger partial charge in [0, 0.05) is 24.0 Å². The lowest BCUT2D eigenvalue weighted by molar-refractivity contribution is -0.126. The molecule has 0 spiro atoms. The quantitative estimate of drug-likeness (QED) is 0.508. The van der Waals surface area contributed by atoms with Crippen LogP contribution in [0, 0.1) is 0 Å². The highest BCUT2D eigenvalue weighted by Gasteiger charge is 2.26. The lowest BCUT2D eigenvalue weighted by Gasteiger charge is -2.26. The van der Waals surface area contributed by atoms with Crippen molar-refractivity contribution in [2.45, 2.75) is 38.8 Å². The van der Waals surface area contributed by atoms with Crippen molar-refractivity contribution in [3.63, 3.8) is 0 Å². The highest BCUT2D eigenvalue weighted by Crippen LogP contribution is 2.38. The fourth-order valence-corrected chi connectivity index (χ4v) is 5.36. The Balaban J connectivity index is 1.58. The van der Waals surface area contributed by atoms with Gasteiger partial charge in [0.2, 0.25) is 5.91 Å². The van der Waals surface area contributed by atoms with E-state index in [0.717, 1.165) is 48.4 Å². The highest BCUT2D eigenvalue weighted by molar-refractivity contribution is 7.19. The molecular weight excluding hydrogens is 418 g/mol. The Labute approximate surface area is 194 Å². The van der Waals surface area contributed by atoms with Crippen molar-refractivity contribution in [1.29, 1.82) is 0 Å². The van der Waals surface area contributed by atoms with Crippen LogP contribution in [0.1, 0.15) is 41.8 Å². The highest BCUT2D eigenvalue weighted by atomic mass is 32.1. The average Bonchev–Trinajstić information content (AvgIpc) is 3.17. The van der Waals surface area contributed by atoms with Gasteiger partial charge in [-0.25, -0.2) is 9.97 Å². The van der Waals surface area contributed by atoms with Gasteiger partial charge in [0.1, 0.15) is 17.0 Å². The first-order valence-corrected chi connectivity index (χ1v) is 12.0. The van der Waals surface area contributed by atoms with Crippen molar-refractivity contribution in [3.05, 3.63) is 64.8 Å². The van der Waals surface area contributed by atoms with Gasteiger partial charge in [-0.2, -0.15) is 0 Å². The molecule has 1 atom stereocenters. The van der Waals surface area contributed by atoms with E-state index in [2.05, 4.69) is 46.5 Å². The SMILES string of the molecule is CCCC(Nc1ncnc2sc3c(c12)CCN(C(=O)C=CCN(C)C)C3)c1ccccc1. The van der Waals surface area contributed by atoms with Gasteiger partial charge in [-0.3, -0.25) is 4.79 Å². The summed E-state index contributed by atoms with van der Waals surface area (Å²) in [5.74, 6) is 0.979. The molecule has 0 fully saturated rings. The van der Waals surface area contributed by atoms with E-state index in [1.165, 1.54) is 16.0 Å². The van der Waals surface area contributed by atoms with Crippen LogP contribution >= 0.6 is 11.3 Å². The molecule has 1 N–H and O–H groups in total. The van der Waals surface area contributed by atoms with Gasteiger partial charge in [0.15, 0.2) is 0 Å². The standard InChI is InChI=1S/C25H31N5OS/c1-4-9-20(18-10-6-5-7-11-18)28-24-23-19-13-15-30(22(31)12-8-14-29(2)3)16-21(19)32-25(23)27-17-26-24/h5-8,10-12,17,20H,4,9,13-16H2,1-3H3,(H,26,27,28). The van der Waals surface area contributed by atoms with Gasteiger partial charge in [-0.1, -0.05) is 49.8 Å². The van der Waals surface area contributed by atoms with E-state index >= 15 is 0 Å². The molecule has 0 bridgehead atoms. The molecule has 0 saturated heterocycles. The Morgan fingerprint density at radius 1 is 1.28 bits per heavy atom. The maximum atomic E-state index is 12.6. The molecule has 1 unspecified atom stereocenters. The second kappa shape index (κ2) is 10.2. The number of anilines is 1. The van der Waals surface area contributed by atoms with Gasteiger partial charge in [0.25, 0.3) is 0 Å². The molecule has 6 nitrogen and oxygen atoms in total. The minimum Gasteiger partial charge on any atom is -0.363 e. The van der Waals surface area contributed by atoms with Crippen LogP contribution in [0.25, 0.3) is 10.2 Å². The van der Waals surface area contributed by atoms with Crippen molar-refractivity contribution >= 4 is 33.3 Å². The molecule has 0 aliphatic carbocycles. The topological polar surface area (TPSA) is 61.4 Å². The van der Waals surface area contributed by atoms with E-state index in [4.69, 9.17) is 0 Å². The summed E-state index contributed by atoms with van der Waals surface area (Å²) in [5, 5.41) is 4.83. The largest absolute Gasteiger partial charge is 0.363 e. The summed E-state index contributed by atoms with van der Waals surface area (Å²) in [5.41, 5.74) is 2.56. The van der Waals surface area contributed by atoms with Crippen LogP contribution in [0.15, 0.2) is 48.8 Å². The molecule has 0 saturated carbocycles. The zero-order valence-corrected chi connectivity index (χ0v) is 19.9. The Bertz CT molecular complexity index is 1090. The van der Waals surface area contributed by atoms with Gasteiger partial charge in [-0.05, 0) is 38.1 Å². The van der Waals surface area contributed by atoms with Crippen molar-refractivity contribution in [2.75, 3.05) is 32.5 Å². The summed E-state index contributed by atoms with van der Waals surface area (Å²) in [7, 11) is 3.99. The third kappa shape index (κ3) is 5.00. The molecule has 1 aliphatic heterocycles. The molecule has 2 aromatic heterocycles. The lowest BCUT2D eigenvalue weighted by atomic mass is 10.0. The number of hydrogen-bond acceptors (Lipinski definition) is 6. The predicted molar refractivity (Wildman–Crippen MR) is 132 cm³/mol. The monoisotopic (exact) mass is 449 g/mol. The Morgan fingerprint density at radius 3 is 2.84 bits per heavy atom. The zero-order valence-electron chi connectivity index (χ0n) is 19.0. The minimum absolute atomic E-state index is 0.0754. The van der Waals surface area contributed by atoms with E-state index < -0.39 is 0 Å². The van der Waals surface area contributed by atoms with Crippen molar-refractivity contribution in [3.8, 4) is 0 Å². The number of nitrogens with zero attached hydrogens (tertiary/aromatic N) is 4. The summed E-state index contributed by atoms with van der Waals surface area (Å²) in [6.07, 6.45) is 8.21. The third-order valence-corrected chi connectivity index (χ3v) is 6.89. The van der Waals surface area contributed by atoms with Gasteiger partial charge in [0.05, 0.1) is 18.0 Å². The van der Waals surface area contributed by atoms with Gasteiger partial charge < -0.3 is 15.1 Å². The Kier molecular flexibility index (Phi) is 7.17. The molecule has 3 aromatic rings. The fourth-order valence-electron chi connectivity index (χ4n) is 4.16. The fraction of sp³-hybridized carbons (Fsp3) is 0.400. The van der Waals surface area contributed by atoms with Gasteiger partial charge in [-0.15, -0.1) is 11.3 Å². The number of fused-ring (bicyclic) bond motifs is 3. The minimum atomic E-state index is 0.0754. The number of rotatable bonds is 8. The summed E-state index contributed by atoms with van der Waals surface area (Å²) in [6.45, 7) is 4.32. The molecule has 1 amide bonds. The van der Waals surface area contributed by atoms with Crippen molar-refractivity contribution < 1.29 is 4.79 Å². The number of carbonyl (C=O) groups is 1. The number of aromatic nitrogens is 2. The number of carbonyl (C=O) groups excluding carboxylic acids is 1. The summed E-state index contributed by atoms with van der Waals surface area (Å²) in [4.78, 5) is 28.0. The Hall–Kier alpha value is -2.77. The first-order chi connectivity index (χ1) is 15.6. The average molecular weight is 450 g/mol. The lowest BCUT2D eigenvalue weighted by Crippen LogP contribution is -2.34.